The third kappa shape index (κ3) is 2.34. The standard InChI is InChI=1S/C12H8FN2O/c13-9-1-5-11(6-2-9)16-12-7-3-10(15-14)4-8-12/h1-8H/q+1. The Bertz CT molecular complexity index is 514. The molecule has 0 fully saturated rings. The molecule has 2 rings (SSSR count). The molecule has 0 aromatic heterocycles. The van der Waals surface area contributed by atoms with Gasteiger partial charge in [0.1, 0.15) is 17.3 Å². The fourth-order valence-electron chi connectivity index (χ4n) is 1.22. The second-order valence-electron chi connectivity index (χ2n) is 3.15. The molecule has 0 aliphatic carbocycles. The van der Waals surface area contributed by atoms with Gasteiger partial charge in [0, 0.05) is 12.1 Å². The van der Waals surface area contributed by atoms with Gasteiger partial charge in [-0.15, -0.1) is 0 Å². The van der Waals surface area contributed by atoms with E-state index in [1.54, 1.807) is 36.4 Å². The Labute approximate surface area is 91.7 Å². The zero-order valence-corrected chi connectivity index (χ0v) is 8.30. The number of hydrogen-bond donors (Lipinski definition) is 0. The molecule has 2 aromatic rings. The van der Waals surface area contributed by atoms with Crippen LogP contribution in [-0.4, -0.2) is 0 Å². The number of ether oxygens (including phenoxy) is 1. The Kier molecular flexibility index (Phi) is 2.79. The van der Waals surface area contributed by atoms with Crippen LogP contribution in [0, 0.1) is 11.2 Å². The van der Waals surface area contributed by atoms with Gasteiger partial charge in [0.2, 0.25) is 5.39 Å². The Morgan fingerprint density at radius 3 is 1.88 bits per heavy atom. The molecule has 3 nitrogen and oxygen atoms in total. The molecule has 0 bridgehead atoms. The third-order valence-corrected chi connectivity index (χ3v) is 2.00. The number of halogens is 1. The molecule has 0 atom stereocenters. The highest BCUT2D eigenvalue weighted by Crippen LogP contribution is 2.23. The van der Waals surface area contributed by atoms with Crippen LogP contribution in [0.1, 0.15) is 0 Å². The highest BCUT2D eigenvalue weighted by Gasteiger charge is 2.04. The number of hydrogen-bond acceptors (Lipinski definition) is 2. The van der Waals surface area contributed by atoms with E-state index in [1.165, 1.54) is 12.1 Å². The van der Waals surface area contributed by atoms with Crippen molar-refractivity contribution in [2.75, 3.05) is 0 Å². The van der Waals surface area contributed by atoms with Crippen molar-refractivity contribution in [2.45, 2.75) is 0 Å². The van der Waals surface area contributed by atoms with Crippen molar-refractivity contribution in [3.63, 3.8) is 0 Å². The second-order valence-corrected chi connectivity index (χ2v) is 3.15. The summed E-state index contributed by atoms with van der Waals surface area (Å²) in [7, 11) is 0. The van der Waals surface area contributed by atoms with Crippen LogP contribution in [0.2, 0.25) is 0 Å². The van der Waals surface area contributed by atoms with Gasteiger partial charge in [-0.05, 0) is 36.4 Å². The fraction of sp³-hybridized carbons (Fsp3) is 0. The number of benzene rings is 2. The number of diazo groups is 1. The van der Waals surface area contributed by atoms with Gasteiger partial charge in [-0.3, -0.25) is 0 Å². The monoisotopic (exact) mass is 215 g/mol. The maximum atomic E-state index is 12.6. The first kappa shape index (κ1) is 10.1. The molecule has 0 unspecified atom stereocenters. The van der Waals surface area contributed by atoms with Gasteiger partial charge < -0.3 is 4.74 Å². The summed E-state index contributed by atoms with van der Waals surface area (Å²) in [6.07, 6.45) is 0. The predicted molar refractivity (Wildman–Crippen MR) is 57.7 cm³/mol. The summed E-state index contributed by atoms with van der Waals surface area (Å²) in [5, 5.41) is 8.49. The molecule has 0 amide bonds. The number of rotatable bonds is 2. The third-order valence-electron chi connectivity index (χ3n) is 2.00. The minimum absolute atomic E-state index is 0.304. The molecule has 78 valence electrons. The molecule has 4 heteroatoms. The second kappa shape index (κ2) is 4.41. The maximum absolute atomic E-state index is 12.6. The van der Waals surface area contributed by atoms with Gasteiger partial charge in [-0.2, -0.15) is 0 Å². The van der Waals surface area contributed by atoms with Gasteiger partial charge in [0.15, 0.2) is 4.98 Å². The van der Waals surface area contributed by atoms with Crippen LogP contribution in [0.5, 0.6) is 11.5 Å². The van der Waals surface area contributed by atoms with Gasteiger partial charge >= 0.3 is 5.69 Å². The molecule has 0 N–H and O–H groups in total. The molecule has 0 aliphatic rings. The van der Waals surface area contributed by atoms with E-state index in [9.17, 15) is 4.39 Å². The normalized spacial score (nSPS) is 9.50. The highest BCUT2D eigenvalue weighted by molar-refractivity contribution is 5.47. The first-order valence-electron chi connectivity index (χ1n) is 4.66. The lowest BCUT2D eigenvalue weighted by Crippen LogP contribution is -1.83. The molecule has 0 saturated carbocycles. The quantitative estimate of drug-likeness (QED) is 0.707. The molecule has 2 aromatic carbocycles. The van der Waals surface area contributed by atoms with Crippen LogP contribution >= 0.6 is 0 Å². The van der Waals surface area contributed by atoms with Crippen molar-refractivity contribution >= 4 is 5.69 Å². The van der Waals surface area contributed by atoms with Crippen LogP contribution in [0.25, 0.3) is 4.98 Å². The molecular weight excluding hydrogens is 207 g/mol. The van der Waals surface area contributed by atoms with Gasteiger partial charge in [0.25, 0.3) is 0 Å². The lowest BCUT2D eigenvalue weighted by molar-refractivity contribution is 0.480. The summed E-state index contributed by atoms with van der Waals surface area (Å²) in [6, 6.07) is 12.3. The van der Waals surface area contributed by atoms with E-state index in [-0.39, 0.29) is 5.82 Å². The zero-order valence-electron chi connectivity index (χ0n) is 8.30. The van der Waals surface area contributed by atoms with E-state index in [0.717, 1.165) is 0 Å². The van der Waals surface area contributed by atoms with Crippen LogP contribution in [0.4, 0.5) is 10.1 Å². The first-order chi connectivity index (χ1) is 7.78. The van der Waals surface area contributed by atoms with Crippen LogP contribution in [-0.2, 0) is 0 Å². The fourth-order valence-corrected chi connectivity index (χ4v) is 1.22. The summed E-state index contributed by atoms with van der Waals surface area (Å²) in [6.45, 7) is 0. The summed E-state index contributed by atoms with van der Waals surface area (Å²) >= 11 is 0. The summed E-state index contributed by atoms with van der Waals surface area (Å²) in [4.78, 5) is 3.03. The Morgan fingerprint density at radius 1 is 0.875 bits per heavy atom. The average Bonchev–Trinajstić information content (AvgIpc) is 2.33. The van der Waals surface area contributed by atoms with E-state index >= 15 is 0 Å². The molecule has 0 saturated heterocycles. The molecule has 16 heavy (non-hydrogen) atoms. The summed E-state index contributed by atoms with van der Waals surface area (Å²) < 4.78 is 18.1. The van der Waals surface area contributed by atoms with Crippen LogP contribution in [0.3, 0.4) is 0 Å². The SMILES string of the molecule is N#[N+]c1ccc(Oc2ccc(F)cc2)cc1. The van der Waals surface area contributed by atoms with E-state index in [1.807, 2.05) is 0 Å². The molecule has 0 spiro atoms. The van der Waals surface area contributed by atoms with Crippen molar-refractivity contribution in [3.8, 4) is 11.5 Å². The molecule has 0 aliphatic heterocycles. The van der Waals surface area contributed by atoms with Crippen molar-refractivity contribution < 1.29 is 9.13 Å². The van der Waals surface area contributed by atoms with E-state index in [0.29, 0.717) is 17.2 Å². The average molecular weight is 215 g/mol. The summed E-state index contributed by atoms with van der Waals surface area (Å²) in [5.74, 6) is 0.843. The smallest absolute Gasteiger partial charge is 0.385 e. The maximum Gasteiger partial charge on any atom is 0.385 e. The van der Waals surface area contributed by atoms with E-state index < -0.39 is 0 Å². The first-order valence-corrected chi connectivity index (χ1v) is 4.66. The van der Waals surface area contributed by atoms with Crippen LogP contribution < -0.4 is 4.74 Å². The minimum atomic E-state index is -0.304. The van der Waals surface area contributed by atoms with Gasteiger partial charge in [-0.1, -0.05) is 0 Å². The molecular formula is C12H8FN2O+. The van der Waals surface area contributed by atoms with Crippen molar-refractivity contribution in [1.29, 1.82) is 5.39 Å². The lowest BCUT2D eigenvalue weighted by atomic mass is 10.3. The Hall–Kier alpha value is -2.41. The molecule has 0 heterocycles. The van der Waals surface area contributed by atoms with Crippen molar-refractivity contribution in [1.82, 2.24) is 0 Å². The minimum Gasteiger partial charge on any atom is -0.457 e. The largest absolute Gasteiger partial charge is 0.457 e. The van der Waals surface area contributed by atoms with Crippen LogP contribution in [0.15, 0.2) is 48.5 Å². The highest BCUT2D eigenvalue weighted by atomic mass is 19.1. The summed E-state index contributed by atoms with van der Waals surface area (Å²) in [5.41, 5.74) is 0.450. The van der Waals surface area contributed by atoms with Gasteiger partial charge in [0.05, 0.1) is 0 Å². The predicted octanol–water partition coefficient (Wildman–Crippen LogP) is 4.10. The Morgan fingerprint density at radius 2 is 1.38 bits per heavy atom. The topological polar surface area (TPSA) is 37.4 Å². The Balaban J connectivity index is 2.15. The van der Waals surface area contributed by atoms with E-state index in [2.05, 4.69) is 4.98 Å². The van der Waals surface area contributed by atoms with Crippen molar-refractivity contribution in [2.24, 2.45) is 0 Å². The van der Waals surface area contributed by atoms with Gasteiger partial charge in [-0.25, -0.2) is 4.39 Å². The number of nitrogens with zero attached hydrogens (tertiary/aromatic N) is 2. The molecule has 0 radical (unpaired) electrons. The zero-order chi connectivity index (χ0) is 11.4. The van der Waals surface area contributed by atoms with E-state index in [4.69, 9.17) is 10.1 Å². The lowest BCUT2D eigenvalue weighted by Gasteiger charge is -2.03. The van der Waals surface area contributed by atoms with Crippen molar-refractivity contribution in [3.05, 3.63) is 59.3 Å².